The van der Waals surface area contributed by atoms with Crippen molar-refractivity contribution in [3.05, 3.63) is 53.0 Å². The molecule has 1 saturated heterocycles. The summed E-state index contributed by atoms with van der Waals surface area (Å²) in [6.07, 6.45) is 18.5. The van der Waals surface area contributed by atoms with E-state index in [4.69, 9.17) is 0 Å². The highest BCUT2D eigenvalue weighted by atomic mass is 32.2. The molecule has 2 heterocycles. The third-order valence-electron chi connectivity index (χ3n) is 8.87. The number of hydrogen-bond acceptors (Lipinski definition) is 6. The third kappa shape index (κ3) is 10.6. The van der Waals surface area contributed by atoms with E-state index in [1.165, 1.54) is 57.1 Å². The number of unbranched alkanes of at least 4 members (excludes halogenated alkanes) is 7. The molecule has 0 radical (unpaired) electrons. The van der Waals surface area contributed by atoms with Gasteiger partial charge in [0.2, 0.25) is 15.5 Å². The quantitative estimate of drug-likeness (QED) is 0.0742. The summed E-state index contributed by atoms with van der Waals surface area (Å²) >= 11 is 1.58. The summed E-state index contributed by atoms with van der Waals surface area (Å²) in [5.74, 6) is 0.182. The molecule has 0 amide bonds. The zero-order valence-corrected chi connectivity index (χ0v) is 30.4. The summed E-state index contributed by atoms with van der Waals surface area (Å²) in [5, 5.41) is 1.02. The van der Waals surface area contributed by atoms with Crippen LogP contribution in [0.4, 0.5) is 5.69 Å². The SMILES string of the molecule is CCCCCCN(CCCCCC)c1ccc(C=Cc2sc3cc(S(=O)(=O)N4CCCCC4)ccc3[n+]2CCCC[SH](=O)=O)cc1. The minimum absolute atomic E-state index is 0.182. The number of nitrogens with zero attached hydrogens (tertiary/aromatic N) is 3. The molecule has 0 bridgehead atoms. The average Bonchev–Trinajstić information content (AvgIpc) is 3.42. The van der Waals surface area contributed by atoms with Gasteiger partial charge in [0.1, 0.15) is 15.4 Å². The summed E-state index contributed by atoms with van der Waals surface area (Å²) in [5.41, 5.74) is 3.37. The van der Waals surface area contributed by atoms with Gasteiger partial charge in [-0.2, -0.15) is 8.87 Å². The number of anilines is 1. The second kappa shape index (κ2) is 18.9. The van der Waals surface area contributed by atoms with E-state index < -0.39 is 20.7 Å². The highest BCUT2D eigenvalue weighted by Gasteiger charge is 2.28. The number of aromatic nitrogens is 1. The van der Waals surface area contributed by atoms with E-state index >= 15 is 0 Å². The molecule has 0 saturated carbocycles. The van der Waals surface area contributed by atoms with Crippen molar-refractivity contribution in [2.75, 3.05) is 36.8 Å². The molecular formula is C36H54N3O4S3+. The van der Waals surface area contributed by atoms with Crippen LogP contribution in [0.2, 0.25) is 0 Å². The van der Waals surface area contributed by atoms with E-state index in [0.29, 0.717) is 31.0 Å². The lowest BCUT2D eigenvalue weighted by Gasteiger charge is -2.25. The molecule has 0 aliphatic carbocycles. The molecule has 46 heavy (non-hydrogen) atoms. The van der Waals surface area contributed by atoms with Crippen molar-refractivity contribution >= 4 is 60.1 Å². The maximum absolute atomic E-state index is 13.4. The zero-order chi connectivity index (χ0) is 32.8. The molecule has 0 atom stereocenters. The standard InChI is InChI=1S/C36H54N3O4S3/c1-3-5-7-10-24-37(25-11-8-6-4-2)32-19-16-31(17-20-32)18-23-36-39(28-14-15-29-45(40)41)34-22-21-33(30-35(34)44-36)46(42,43)38-26-12-9-13-27-38/h16-23,30,45H,3-15,24-29H2,1-2H3/q+1. The third-order valence-corrected chi connectivity index (χ3v) is 12.6. The number of benzene rings is 2. The van der Waals surface area contributed by atoms with Crippen LogP contribution in [0.15, 0.2) is 47.4 Å². The lowest BCUT2D eigenvalue weighted by molar-refractivity contribution is -0.669. The first kappa shape index (κ1) is 36.6. The molecule has 1 aliphatic heterocycles. The Morgan fingerprint density at radius 3 is 2.13 bits per heavy atom. The number of rotatable bonds is 20. The first-order chi connectivity index (χ1) is 22.3. The van der Waals surface area contributed by atoms with Gasteiger partial charge in [-0.1, -0.05) is 82.3 Å². The molecular weight excluding hydrogens is 635 g/mol. The predicted octanol–water partition coefficient (Wildman–Crippen LogP) is 7.89. The van der Waals surface area contributed by atoms with Gasteiger partial charge in [-0.3, -0.25) is 0 Å². The van der Waals surface area contributed by atoms with Crippen molar-refractivity contribution in [2.24, 2.45) is 0 Å². The topological polar surface area (TPSA) is 78.6 Å². The Balaban J connectivity index is 1.55. The normalized spacial score (nSPS) is 14.6. The van der Waals surface area contributed by atoms with Crippen LogP contribution in [-0.4, -0.2) is 53.1 Å². The van der Waals surface area contributed by atoms with E-state index in [9.17, 15) is 16.8 Å². The molecule has 3 aromatic rings. The number of thiazole rings is 1. The monoisotopic (exact) mass is 688 g/mol. The molecule has 10 heteroatoms. The first-order valence-electron chi connectivity index (χ1n) is 17.4. The second-order valence-electron chi connectivity index (χ2n) is 12.5. The molecule has 0 N–H and O–H groups in total. The van der Waals surface area contributed by atoms with Crippen LogP contribution in [0.1, 0.15) is 108 Å². The number of thiol groups is 1. The molecule has 2 aromatic carbocycles. The number of sulfonamides is 1. The molecule has 254 valence electrons. The highest BCUT2D eigenvalue weighted by molar-refractivity contribution is 7.89. The smallest absolute Gasteiger partial charge is 0.262 e. The summed E-state index contributed by atoms with van der Waals surface area (Å²) in [7, 11) is -5.92. The zero-order valence-electron chi connectivity index (χ0n) is 27.9. The van der Waals surface area contributed by atoms with Crippen LogP contribution in [0.25, 0.3) is 22.4 Å². The predicted molar refractivity (Wildman–Crippen MR) is 195 cm³/mol. The summed E-state index contributed by atoms with van der Waals surface area (Å²) in [4.78, 5) is 2.89. The molecule has 1 fully saturated rings. The van der Waals surface area contributed by atoms with Crippen LogP contribution >= 0.6 is 11.3 Å². The van der Waals surface area contributed by atoms with Gasteiger partial charge >= 0.3 is 0 Å². The van der Waals surface area contributed by atoms with Gasteiger partial charge in [-0.25, -0.2) is 16.8 Å². The van der Waals surface area contributed by atoms with Gasteiger partial charge in [0.05, 0.1) is 4.90 Å². The molecule has 7 nitrogen and oxygen atoms in total. The second-order valence-corrected chi connectivity index (χ2v) is 16.6. The highest BCUT2D eigenvalue weighted by Crippen LogP contribution is 2.28. The first-order valence-corrected chi connectivity index (χ1v) is 21.1. The van der Waals surface area contributed by atoms with Crippen LogP contribution in [0.3, 0.4) is 0 Å². The Bertz CT molecular complexity index is 1550. The van der Waals surface area contributed by atoms with Gasteiger partial charge in [-0.15, -0.1) is 0 Å². The van der Waals surface area contributed by atoms with E-state index in [0.717, 1.165) is 59.6 Å². The maximum Gasteiger partial charge on any atom is 0.262 e. The summed E-state index contributed by atoms with van der Waals surface area (Å²) < 4.78 is 53.8. The van der Waals surface area contributed by atoms with Crippen molar-refractivity contribution < 1.29 is 21.4 Å². The molecule has 0 spiro atoms. The fourth-order valence-corrected chi connectivity index (χ4v) is 9.39. The van der Waals surface area contributed by atoms with Crippen LogP contribution in [0, 0.1) is 0 Å². The minimum atomic E-state index is -3.53. The number of aryl methyl sites for hydroxylation is 1. The molecule has 1 aliphatic rings. The van der Waals surface area contributed by atoms with Gasteiger partial charge in [0, 0.05) is 56.2 Å². The van der Waals surface area contributed by atoms with Crippen molar-refractivity contribution in [3.63, 3.8) is 0 Å². The van der Waals surface area contributed by atoms with Crippen molar-refractivity contribution in [1.29, 1.82) is 0 Å². The van der Waals surface area contributed by atoms with Crippen molar-refractivity contribution in [1.82, 2.24) is 4.31 Å². The minimum Gasteiger partial charge on any atom is -0.372 e. The summed E-state index contributed by atoms with van der Waals surface area (Å²) in [6, 6.07) is 14.3. The largest absolute Gasteiger partial charge is 0.372 e. The van der Waals surface area contributed by atoms with Gasteiger partial charge < -0.3 is 4.90 Å². The van der Waals surface area contributed by atoms with E-state index in [2.05, 4.69) is 59.7 Å². The Labute approximate surface area is 283 Å². The van der Waals surface area contributed by atoms with E-state index in [1.54, 1.807) is 21.7 Å². The molecule has 4 rings (SSSR count). The van der Waals surface area contributed by atoms with Crippen LogP contribution in [0.5, 0.6) is 0 Å². The number of piperidine rings is 1. The molecule has 1 aromatic heterocycles. The van der Waals surface area contributed by atoms with E-state index in [-0.39, 0.29) is 5.75 Å². The maximum atomic E-state index is 13.4. The Kier molecular flexibility index (Phi) is 15.0. The van der Waals surface area contributed by atoms with Crippen molar-refractivity contribution in [2.45, 2.75) is 109 Å². The lowest BCUT2D eigenvalue weighted by Crippen LogP contribution is -2.36. The van der Waals surface area contributed by atoms with Crippen molar-refractivity contribution in [3.8, 4) is 0 Å². The number of fused-ring (bicyclic) bond motifs is 1. The fourth-order valence-electron chi connectivity index (χ4n) is 6.16. The van der Waals surface area contributed by atoms with Gasteiger partial charge in [0.25, 0.3) is 5.01 Å². The van der Waals surface area contributed by atoms with Gasteiger partial charge in [-0.05, 0) is 68.0 Å². The Hall–Kier alpha value is -2.27. The summed E-state index contributed by atoms with van der Waals surface area (Å²) in [6.45, 7) is 8.53. The molecule has 0 unspecified atom stereocenters. The van der Waals surface area contributed by atoms with E-state index in [1.807, 2.05) is 12.1 Å². The average molecular weight is 689 g/mol. The number of hydrogen-bond donors (Lipinski definition) is 1. The van der Waals surface area contributed by atoms with Crippen LogP contribution < -0.4 is 9.47 Å². The van der Waals surface area contributed by atoms with Gasteiger partial charge in [0.15, 0.2) is 6.54 Å². The lowest BCUT2D eigenvalue weighted by atomic mass is 10.1. The van der Waals surface area contributed by atoms with Crippen LogP contribution in [-0.2, 0) is 27.3 Å². The fraction of sp³-hybridized carbons (Fsp3) is 0.583. The Morgan fingerprint density at radius 2 is 1.50 bits per heavy atom. The Morgan fingerprint density at radius 1 is 0.826 bits per heavy atom.